The average molecular weight is 340 g/mol. The zero-order valence-electron chi connectivity index (χ0n) is 11.1. The van der Waals surface area contributed by atoms with E-state index in [0.717, 1.165) is 6.42 Å². The van der Waals surface area contributed by atoms with E-state index in [1.807, 2.05) is 10.3 Å². The fraction of sp³-hybridized carbons (Fsp3) is 0.267. The number of hydrogen-bond acceptors (Lipinski definition) is 4. The first-order chi connectivity index (χ1) is 10.0. The van der Waals surface area contributed by atoms with Crippen molar-refractivity contribution in [2.75, 3.05) is 6.54 Å². The zero-order chi connectivity index (χ0) is 15.0. The molecule has 0 spiro atoms. The summed E-state index contributed by atoms with van der Waals surface area (Å²) in [4.78, 5) is 13.7. The summed E-state index contributed by atoms with van der Waals surface area (Å²) >= 11 is 12.5. The number of carboxylic acids is 1. The number of aliphatic carboxylic acids is 1. The van der Waals surface area contributed by atoms with E-state index in [2.05, 4.69) is 18.7 Å². The van der Waals surface area contributed by atoms with Gasteiger partial charge in [-0.25, -0.2) is 4.79 Å². The summed E-state index contributed by atoms with van der Waals surface area (Å²) < 4.78 is 0. The van der Waals surface area contributed by atoms with Gasteiger partial charge in [0.2, 0.25) is 0 Å². The minimum atomic E-state index is -1.42. The zero-order valence-corrected chi connectivity index (χ0v) is 13.6. The fourth-order valence-electron chi connectivity index (χ4n) is 2.69. The maximum Gasteiger partial charge on any atom is 0.339 e. The molecule has 6 heteroatoms. The highest BCUT2D eigenvalue weighted by atomic mass is 35.5. The van der Waals surface area contributed by atoms with Gasteiger partial charge in [-0.2, -0.15) is 0 Å². The number of thiophene rings is 1. The van der Waals surface area contributed by atoms with Crippen molar-refractivity contribution in [2.45, 2.75) is 17.8 Å². The molecule has 3 nitrogen and oxygen atoms in total. The average Bonchev–Trinajstić information content (AvgIpc) is 2.94. The topological polar surface area (TPSA) is 40.5 Å². The van der Waals surface area contributed by atoms with Gasteiger partial charge in [0, 0.05) is 28.6 Å². The number of benzene rings is 1. The van der Waals surface area contributed by atoms with Crippen LogP contribution in [0.1, 0.15) is 16.0 Å². The van der Waals surface area contributed by atoms with Crippen LogP contribution in [0.15, 0.2) is 35.7 Å². The highest BCUT2D eigenvalue weighted by Crippen LogP contribution is 2.40. The van der Waals surface area contributed by atoms with Crippen LogP contribution in [0.5, 0.6) is 0 Å². The second-order valence-corrected chi connectivity index (χ2v) is 7.05. The van der Waals surface area contributed by atoms with Gasteiger partial charge < -0.3 is 5.11 Å². The number of hydrogen-bond donors (Lipinski definition) is 2. The normalized spacial score (nSPS) is 18.0. The monoisotopic (exact) mass is 339 g/mol. The van der Waals surface area contributed by atoms with Crippen molar-refractivity contribution in [2.24, 2.45) is 0 Å². The molecule has 0 amide bonds. The molecule has 0 radical (unpaired) electrons. The van der Waals surface area contributed by atoms with Gasteiger partial charge in [-0.05, 0) is 29.5 Å². The molecule has 0 saturated heterocycles. The Balaban J connectivity index is 2.03. The van der Waals surface area contributed by atoms with E-state index in [1.165, 1.54) is 10.4 Å². The van der Waals surface area contributed by atoms with Crippen LogP contribution in [-0.4, -0.2) is 22.5 Å². The number of nitrogens with zero attached hydrogens (tertiary/aromatic N) is 1. The van der Waals surface area contributed by atoms with Gasteiger partial charge in [0.15, 0.2) is 4.87 Å². The van der Waals surface area contributed by atoms with Gasteiger partial charge in [-0.3, -0.25) is 4.90 Å². The van der Waals surface area contributed by atoms with Gasteiger partial charge in [-0.15, -0.1) is 24.0 Å². The third kappa shape index (κ3) is 2.48. The first-order valence-corrected chi connectivity index (χ1v) is 8.25. The van der Waals surface area contributed by atoms with Crippen LogP contribution in [0.4, 0.5) is 0 Å². The van der Waals surface area contributed by atoms with Gasteiger partial charge >= 0.3 is 5.97 Å². The maximum absolute atomic E-state index is 11.9. The number of thiol groups is 1. The van der Waals surface area contributed by atoms with Crippen LogP contribution >= 0.6 is 35.6 Å². The molecule has 2 aromatic rings. The lowest BCUT2D eigenvalue weighted by Gasteiger charge is -2.39. The molecule has 1 aliphatic heterocycles. The Labute approximate surface area is 137 Å². The first-order valence-electron chi connectivity index (χ1n) is 6.54. The van der Waals surface area contributed by atoms with E-state index in [0.29, 0.717) is 23.7 Å². The summed E-state index contributed by atoms with van der Waals surface area (Å²) in [5, 5.41) is 12.3. The highest BCUT2D eigenvalue weighted by Gasteiger charge is 2.45. The minimum Gasteiger partial charge on any atom is -0.479 e. The van der Waals surface area contributed by atoms with E-state index in [4.69, 9.17) is 11.6 Å². The molecule has 2 heterocycles. The number of rotatable bonds is 3. The van der Waals surface area contributed by atoms with E-state index in [1.54, 1.807) is 35.6 Å². The van der Waals surface area contributed by atoms with Crippen LogP contribution < -0.4 is 0 Å². The van der Waals surface area contributed by atoms with Crippen molar-refractivity contribution in [1.82, 2.24) is 4.90 Å². The molecule has 3 rings (SSSR count). The number of carboxylic acid groups (broad SMARTS) is 1. The van der Waals surface area contributed by atoms with Crippen molar-refractivity contribution in [1.29, 1.82) is 0 Å². The number of halogens is 1. The van der Waals surface area contributed by atoms with Crippen LogP contribution in [0.2, 0.25) is 5.02 Å². The Morgan fingerprint density at radius 3 is 2.86 bits per heavy atom. The van der Waals surface area contributed by atoms with Crippen LogP contribution in [0, 0.1) is 0 Å². The lowest BCUT2D eigenvalue weighted by atomic mass is 10.0. The minimum absolute atomic E-state index is 0.422. The predicted octanol–water partition coefficient (Wildman–Crippen LogP) is 3.63. The summed E-state index contributed by atoms with van der Waals surface area (Å²) in [5.41, 5.74) is 1.69. The first kappa shape index (κ1) is 14.9. The molecule has 0 unspecified atom stereocenters. The van der Waals surface area contributed by atoms with Crippen molar-refractivity contribution in [3.63, 3.8) is 0 Å². The molecule has 1 aliphatic rings. The van der Waals surface area contributed by atoms with E-state index in [9.17, 15) is 9.90 Å². The predicted molar refractivity (Wildman–Crippen MR) is 88.2 cm³/mol. The van der Waals surface area contributed by atoms with E-state index in [-0.39, 0.29) is 0 Å². The summed E-state index contributed by atoms with van der Waals surface area (Å²) in [6.07, 6.45) is 0.840. The largest absolute Gasteiger partial charge is 0.479 e. The fourth-order valence-corrected chi connectivity index (χ4v) is 4.28. The highest BCUT2D eigenvalue weighted by molar-refractivity contribution is 7.82. The smallest absolute Gasteiger partial charge is 0.339 e. The van der Waals surface area contributed by atoms with E-state index < -0.39 is 10.8 Å². The van der Waals surface area contributed by atoms with Crippen molar-refractivity contribution < 1.29 is 9.90 Å². The SMILES string of the molecule is O=C(O)[C@](S)(c1ccccc1Cl)N1CCc2sccc2C1. The summed E-state index contributed by atoms with van der Waals surface area (Å²) in [6, 6.07) is 9.05. The second kappa shape index (κ2) is 5.65. The van der Waals surface area contributed by atoms with Gasteiger partial charge in [0.05, 0.1) is 0 Å². The molecule has 21 heavy (non-hydrogen) atoms. The van der Waals surface area contributed by atoms with Crippen LogP contribution in [0.25, 0.3) is 0 Å². The third-order valence-electron chi connectivity index (χ3n) is 3.81. The van der Waals surface area contributed by atoms with Crippen LogP contribution in [-0.2, 0) is 22.6 Å². The Bertz CT molecular complexity index is 688. The van der Waals surface area contributed by atoms with Crippen LogP contribution in [0.3, 0.4) is 0 Å². The molecular formula is C15H14ClNO2S2. The molecule has 0 fully saturated rings. The lowest BCUT2D eigenvalue weighted by Crippen LogP contribution is -2.49. The molecule has 1 aromatic carbocycles. The Kier molecular flexibility index (Phi) is 4.01. The molecule has 0 saturated carbocycles. The number of carbonyl (C=O) groups is 1. The summed E-state index contributed by atoms with van der Waals surface area (Å²) in [5.74, 6) is -1.00. The molecule has 1 atom stereocenters. The van der Waals surface area contributed by atoms with Crippen molar-refractivity contribution in [3.05, 3.63) is 56.7 Å². The lowest BCUT2D eigenvalue weighted by molar-refractivity contribution is -0.146. The quantitative estimate of drug-likeness (QED) is 0.839. The van der Waals surface area contributed by atoms with Gasteiger partial charge in [0.1, 0.15) is 0 Å². The summed E-state index contributed by atoms with van der Waals surface area (Å²) in [6.45, 7) is 1.22. The Hall–Kier alpha value is -1.01. The Morgan fingerprint density at radius 2 is 2.14 bits per heavy atom. The molecule has 1 N–H and O–H groups in total. The van der Waals surface area contributed by atoms with Crippen molar-refractivity contribution in [3.8, 4) is 0 Å². The molecule has 110 valence electrons. The third-order valence-corrected chi connectivity index (χ3v) is 5.88. The van der Waals surface area contributed by atoms with Gasteiger partial charge in [0.25, 0.3) is 0 Å². The maximum atomic E-state index is 11.9. The van der Waals surface area contributed by atoms with E-state index >= 15 is 0 Å². The Morgan fingerprint density at radius 1 is 1.38 bits per heavy atom. The second-order valence-electron chi connectivity index (χ2n) is 5.00. The van der Waals surface area contributed by atoms with Gasteiger partial charge in [-0.1, -0.05) is 29.8 Å². The standard InChI is InChI=1S/C15H14ClNO2S2/c16-12-4-2-1-3-11(12)15(20,14(18)19)17-7-5-13-10(9-17)6-8-21-13/h1-4,6,8,20H,5,7,9H2,(H,18,19)/t15-/m1/s1. The van der Waals surface area contributed by atoms with Crippen molar-refractivity contribution >= 4 is 41.5 Å². The molecular weight excluding hydrogens is 326 g/mol. The molecule has 0 aliphatic carbocycles. The summed E-state index contributed by atoms with van der Waals surface area (Å²) in [7, 11) is 0. The number of fused-ring (bicyclic) bond motifs is 1. The molecule has 1 aromatic heterocycles. The molecule has 0 bridgehead atoms.